The molecule has 0 radical (unpaired) electrons. The standard InChI is InChI=1S/2C12H20OS2.Pt/c2*14-12(15)13-11-6-7-4-5-10(11)9-3-1-2-8(7)9;/h2*7-12,14-15H,1-6H2;/q;;+4/p-4. The van der Waals surface area contributed by atoms with Crippen LogP contribution >= 0.6 is 0 Å². The van der Waals surface area contributed by atoms with E-state index in [9.17, 15) is 0 Å². The van der Waals surface area contributed by atoms with Crippen LogP contribution in [0.2, 0.25) is 0 Å². The van der Waals surface area contributed by atoms with E-state index < -0.39 is 9.54 Å². The van der Waals surface area contributed by atoms with Crippen LogP contribution in [0.1, 0.15) is 77.0 Å². The summed E-state index contributed by atoms with van der Waals surface area (Å²) in [6.45, 7) is 0. The number of fused-ring (bicyclic) bond motifs is 4. The molecule has 0 aliphatic heterocycles. The summed E-state index contributed by atoms with van der Waals surface area (Å²) in [6, 6.07) is 0. The van der Waals surface area contributed by atoms with E-state index in [0.29, 0.717) is 12.2 Å². The van der Waals surface area contributed by atoms with Crippen molar-refractivity contribution in [3.05, 3.63) is 0 Å². The minimum absolute atomic E-state index is 0. The van der Waals surface area contributed by atoms with Gasteiger partial charge in [-0.3, -0.25) is 0 Å². The van der Waals surface area contributed by atoms with E-state index in [1.54, 1.807) is 0 Å². The van der Waals surface area contributed by atoms with Gasteiger partial charge >= 0.3 is 21.1 Å². The van der Waals surface area contributed by atoms with E-state index >= 15 is 0 Å². The van der Waals surface area contributed by atoms with Gasteiger partial charge in [-0.2, -0.15) is 9.54 Å². The normalized spacial score (nSPS) is 47.0. The molecule has 0 saturated heterocycles. The van der Waals surface area contributed by atoms with Gasteiger partial charge in [0.2, 0.25) is 0 Å². The van der Waals surface area contributed by atoms with Gasteiger partial charge in [0.15, 0.2) is 0 Å². The summed E-state index contributed by atoms with van der Waals surface area (Å²) in [5, 5.41) is 0. The summed E-state index contributed by atoms with van der Waals surface area (Å²) in [7, 11) is 0. The molecule has 31 heavy (non-hydrogen) atoms. The van der Waals surface area contributed by atoms with Crippen LogP contribution in [-0.2, 0) is 81.1 Å². The molecule has 8 fully saturated rings. The van der Waals surface area contributed by atoms with Gasteiger partial charge in [0.05, 0.1) is 12.2 Å². The summed E-state index contributed by atoms with van der Waals surface area (Å²) in [6.07, 6.45) is 17.6. The number of hydrogen-bond acceptors (Lipinski definition) is 6. The summed E-state index contributed by atoms with van der Waals surface area (Å²) in [4.78, 5) is 0. The zero-order chi connectivity index (χ0) is 20.8. The molecule has 10 atom stereocenters. The molecular weight excluding hydrogens is 644 g/mol. The third kappa shape index (κ3) is 5.56. The Morgan fingerprint density at radius 3 is 1.26 bits per heavy atom. The Bertz CT molecular complexity index is 544. The predicted octanol–water partition coefficient (Wildman–Crippen LogP) is 5.19. The van der Waals surface area contributed by atoms with Crippen LogP contribution in [0.4, 0.5) is 0 Å². The molecule has 8 aliphatic rings. The zero-order valence-electron chi connectivity index (χ0n) is 18.2. The van der Waals surface area contributed by atoms with Crippen molar-refractivity contribution in [2.24, 2.45) is 47.3 Å². The monoisotopic (exact) mass is 679 g/mol. The Hall–Kier alpha value is 2.01. The van der Waals surface area contributed by atoms with Crippen LogP contribution in [0.3, 0.4) is 0 Å². The van der Waals surface area contributed by atoms with Crippen molar-refractivity contribution in [2.75, 3.05) is 0 Å². The molecule has 8 aliphatic carbocycles. The van der Waals surface area contributed by atoms with Gasteiger partial charge in [0.25, 0.3) is 0 Å². The molecule has 0 amide bonds. The van der Waals surface area contributed by atoms with Gasteiger partial charge in [-0.25, -0.2) is 0 Å². The molecule has 4 bridgehead atoms. The minimum Gasteiger partial charge on any atom is -0.788 e. The molecule has 0 spiro atoms. The van der Waals surface area contributed by atoms with Gasteiger partial charge in [-0.15, -0.1) is 0 Å². The number of rotatable bonds is 4. The average molecular weight is 680 g/mol. The molecule has 0 N–H and O–H groups in total. The summed E-state index contributed by atoms with van der Waals surface area (Å²) in [5.74, 6) is 7.38. The Kier molecular flexibility index (Phi) is 9.57. The van der Waals surface area contributed by atoms with Crippen molar-refractivity contribution in [3.8, 4) is 0 Å². The molecule has 0 aromatic carbocycles. The minimum atomic E-state index is -0.408. The van der Waals surface area contributed by atoms with Crippen LogP contribution in [0.15, 0.2) is 0 Å². The fraction of sp³-hybridized carbons (Fsp3) is 1.00. The van der Waals surface area contributed by atoms with Crippen molar-refractivity contribution < 1.29 is 30.5 Å². The van der Waals surface area contributed by atoms with E-state index in [1.165, 1.54) is 77.0 Å². The van der Waals surface area contributed by atoms with Crippen LogP contribution in [-0.4, -0.2) is 21.7 Å². The first kappa shape index (κ1) is 26.1. The van der Waals surface area contributed by atoms with Crippen LogP contribution < -0.4 is 0 Å². The molecule has 8 rings (SSSR count). The summed E-state index contributed by atoms with van der Waals surface area (Å²) in [5.41, 5.74) is 0. The van der Waals surface area contributed by atoms with E-state index in [0.717, 1.165) is 47.3 Å². The zero-order valence-corrected chi connectivity index (χ0v) is 23.7. The molecule has 0 aromatic rings. The Balaban J connectivity index is 0.000000144. The Morgan fingerprint density at radius 1 is 0.484 bits per heavy atom. The second kappa shape index (κ2) is 11.4. The first-order valence-electron chi connectivity index (χ1n) is 12.5. The third-order valence-corrected chi connectivity index (χ3v) is 10.3. The fourth-order valence-corrected chi connectivity index (χ4v) is 9.56. The molecule has 0 aromatic heterocycles. The topological polar surface area (TPSA) is 18.5 Å². The van der Waals surface area contributed by atoms with Crippen molar-refractivity contribution in [1.82, 2.24) is 0 Å². The quantitative estimate of drug-likeness (QED) is 0.379. The predicted molar refractivity (Wildman–Crippen MR) is 130 cm³/mol. The van der Waals surface area contributed by atoms with Gasteiger partial charge in [-0.05, 0) is 112 Å². The van der Waals surface area contributed by atoms with E-state index in [4.69, 9.17) is 60.0 Å². The Morgan fingerprint density at radius 2 is 0.871 bits per heavy atom. The SMILES string of the molecule is [Pt+4].[S-]C([S-])OC1CC2CCC1C1CCCC21.[S-]C([S-])OC1CC2CCC1C1CCCC21. The second-order valence-corrected chi connectivity index (χ2v) is 13.2. The molecule has 7 heteroatoms. The van der Waals surface area contributed by atoms with Gasteiger partial charge < -0.3 is 60.0 Å². The molecule has 10 unspecified atom stereocenters. The van der Waals surface area contributed by atoms with E-state index in [-0.39, 0.29) is 21.1 Å². The maximum Gasteiger partial charge on any atom is 4.00 e. The average Bonchev–Trinajstić information content (AvgIpc) is 3.40. The number of ether oxygens (including phenoxy) is 2. The van der Waals surface area contributed by atoms with E-state index in [1.807, 2.05) is 0 Å². The number of hydrogen-bond donors (Lipinski definition) is 0. The maximum absolute atomic E-state index is 5.76. The largest absolute Gasteiger partial charge is 4.00 e. The van der Waals surface area contributed by atoms with Crippen molar-refractivity contribution >= 4 is 50.5 Å². The Labute approximate surface area is 225 Å². The van der Waals surface area contributed by atoms with Crippen molar-refractivity contribution in [3.63, 3.8) is 0 Å². The second-order valence-electron chi connectivity index (χ2n) is 10.9. The van der Waals surface area contributed by atoms with Gasteiger partial charge in [0, 0.05) is 0 Å². The summed E-state index contributed by atoms with van der Waals surface area (Å²) < 4.78 is 10.7. The third-order valence-electron chi connectivity index (χ3n) is 9.90. The molecule has 2 nitrogen and oxygen atoms in total. The van der Waals surface area contributed by atoms with Gasteiger partial charge in [-0.1, -0.05) is 12.8 Å². The van der Waals surface area contributed by atoms with Crippen LogP contribution in [0, 0.1) is 47.3 Å². The molecule has 178 valence electrons. The van der Waals surface area contributed by atoms with E-state index in [2.05, 4.69) is 0 Å². The smallest absolute Gasteiger partial charge is 0.788 e. The molecule has 8 saturated carbocycles. The fourth-order valence-electron chi connectivity index (χ4n) is 8.99. The van der Waals surface area contributed by atoms with Crippen LogP contribution in [0.5, 0.6) is 0 Å². The first-order valence-corrected chi connectivity index (χ1v) is 14.3. The maximum atomic E-state index is 5.76. The first-order chi connectivity index (χ1) is 14.5. The van der Waals surface area contributed by atoms with Crippen molar-refractivity contribution in [1.29, 1.82) is 0 Å². The van der Waals surface area contributed by atoms with Crippen molar-refractivity contribution in [2.45, 2.75) is 98.8 Å². The molecular formula is C24H36O2PtS4. The summed E-state index contributed by atoms with van der Waals surface area (Å²) >= 11 is 20.0. The molecule has 0 heterocycles. The van der Waals surface area contributed by atoms with Gasteiger partial charge in [0.1, 0.15) is 0 Å². The van der Waals surface area contributed by atoms with Crippen LogP contribution in [0.25, 0.3) is 0 Å².